The Bertz CT molecular complexity index is 742. The molecule has 134 valence electrons. The van der Waals surface area contributed by atoms with E-state index in [0.29, 0.717) is 30.2 Å². The van der Waals surface area contributed by atoms with Gasteiger partial charge < -0.3 is 15.7 Å². The summed E-state index contributed by atoms with van der Waals surface area (Å²) in [6, 6.07) is 7.36. The van der Waals surface area contributed by atoms with Crippen molar-refractivity contribution >= 4 is 17.5 Å². The normalized spacial score (nSPS) is 20.2. The highest BCUT2D eigenvalue weighted by molar-refractivity contribution is 6.30. The minimum absolute atomic E-state index is 0.0396. The smallest absolute Gasteiger partial charge is 0.254 e. The maximum Gasteiger partial charge on any atom is 0.254 e. The van der Waals surface area contributed by atoms with Crippen LogP contribution in [-0.2, 0) is 0 Å². The molecule has 2 aromatic rings. The second kappa shape index (κ2) is 7.56. The first-order chi connectivity index (χ1) is 12.0. The SMILES string of the molecule is CC(C)c1c(C(=O)NCC2CNCC2O)cnn1-c1ccc(Cl)cc1. The minimum atomic E-state index is -0.415. The van der Waals surface area contributed by atoms with E-state index in [4.69, 9.17) is 11.6 Å². The highest BCUT2D eigenvalue weighted by atomic mass is 35.5. The van der Waals surface area contributed by atoms with Crippen LogP contribution in [0.4, 0.5) is 0 Å². The summed E-state index contributed by atoms with van der Waals surface area (Å²) in [5.41, 5.74) is 2.28. The molecule has 0 saturated carbocycles. The summed E-state index contributed by atoms with van der Waals surface area (Å²) in [6.07, 6.45) is 1.18. The molecule has 1 saturated heterocycles. The molecule has 1 aromatic heterocycles. The first-order valence-corrected chi connectivity index (χ1v) is 8.86. The van der Waals surface area contributed by atoms with E-state index in [2.05, 4.69) is 15.7 Å². The number of aliphatic hydroxyl groups excluding tert-OH is 1. The number of nitrogens with one attached hydrogen (secondary N) is 2. The molecule has 1 aromatic carbocycles. The number of aromatic nitrogens is 2. The van der Waals surface area contributed by atoms with Crippen LogP contribution in [0, 0.1) is 5.92 Å². The summed E-state index contributed by atoms with van der Waals surface area (Å²) in [6.45, 7) is 5.79. The van der Waals surface area contributed by atoms with Crippen LogP contribution in [-0.4, -0.2) is 46.5 Å². The van der Waals surface area contributed by atoms with Gasteiger partial charge in [0.25, 0.3) is 5.91 Å². The highest BCUT2D eigenvalue weighted by Crippen LogP contribution is 2.24. The van der Waals surface area contributed by atoms with Crippen LogP contribution in [0.1, 0.15) is 35.8 Å². The molecule has 25 heavy (non-hydrogen) atoms. The fourth-order valence-corrected chi connectivity index (χ4v) is 3.25. The van der Waals surface area contributed by atoms with Gasteiger partial charge in [-0.2, -0.15) is 5.10 Å². The summed E-state index contributed by atoms with van der Waals surface area (Å²) < 4.78 is 1.78. The van der Waals surface area contributed by atoms with Gasteiger partial charge in [0, 0.05) is 30.6 Å². The lowest BCUT2D eigenvalue weighted by Crippen LogP contribution is -2.34. The monoisotopic (exact) mass is 362 g/mol. The van der Waals surface area contributed by atoms with E-state index in [0.717, 1.165) is 11.4 Å². The standard InChI is InChI=1S/C18H23ClN4O2/c1-11(2)17-15(18(25)21-8-12-7-20-10-16(12)24)9-22-23(17)14-5-3-13(19)4-6-14/h3-6,9,11-12,16,20,24H,7-8,10H2,1-2H3,(H,21,25). The molecule has 1 aliphatic heterocycles. The number of hydrogen-bond acceptors (Lipinski definition) is 4. The number of halogens is 1. The van der Waals surface area contributed by atoms with Crippen LogP contribution in [0.3, 0.4) is 0 Å². The Morgan fingerprint density at radius 2 is 2.12 bits per heavy atom. The fourth-order valence-electron chi connectivity index (χ4n) is 3.12. The number of amides is 1. The third-order valence-corrected chi connectivity index (χ3v) is 4.75. The van der Waals surface area contributed by atoms with Crippen molar-refractivity contribution in [2.75, 3.05) is 19.6 Å². The average Bonchev–Trinajstić information content (AvgIpc) is 3.20. The Balaban J connectivity index is 1.81. The Morgan fingerprint density at radius 1 is 1.40 bits per heavy atom. The predicted molar refractivity (Wildman–Crippen MR) is 97.4 cm³/mol. The molecule has 6 nitrogen and oxygen atoms in total. The molecule has 1 fully saturated rings. The van der Waals surface area contributed by atoms with Gasteiger partial charge in [-0.1, -0.05) is 25.4 Å². The lowest BCUT2D eigenvalue weighted by Gasteiger charge is -2.16. The number of carbonyl (C=O) groups is 1. The Morgan fingerprint density at radius 3 is 2.72 bits per heavy atom. The van der Waals surface area contributed by atoms with Gasteiger partial charge >= 0.3 is 0 Å². The van der Waals surface area contributed by atoms with Crippen LogP contribution < -0.4 is 10.6 Å². The van der Waals surface area contributed by atoms with Crippen molar-refractivity contribution in [2.45, 2.75) is 25.9 Å². The second-order valence-corrected chi connectivity index (χ2v) is 7.12. The Hall–Kier alpha value is -1.89. The van der Waals surface area contributed by atoms with Crippen molar-refractivity contribution in [3.63, 3.8) is 0 Å². The largest absolute Gasteiger partial charge is 0.391 e. The average molecular weight is 363 g/mol. The zero-order valence-corrected chi connectivity index (χ0v) is 15.1. The maximum absolute atomic E-state index is 12.6. The Kier molecular flexibility index (Phi) is 5.42. The zero-order valence-electron chi connectivity index (χ0n) is 14.4. The van der Waals surface area contributed by atoms with Gasteiger partial charge in [0.15, 0.2) is 0 Å². The minimum Gasteiger partial charge on any atom is -0.391 e. The summed E-state index contributed by atoms with van der Waals surface area (Å²) >= 11 is 5.95. The fraction of sp³-hybridized carbons (Fsp3) is 0.444. The van der Waals surface area contributed by atoms with Crippen molar-refractivity contribution < 1.29 is 9.90 Å². The molecule has 0 aliphatic carbocycles. The first kappa shape index (κ1) is 17.9. The topological polar surface area (TPSA) is 79.2 Å². The van der Waals surface area contributed by atoms with E-state index in [9.17, 15) is 9.90 Å². The van der Waals surface area contributed by atoms with E-state index in [1.54, 1.807) is 23.0 Å². The van der Waals surface area contributed by atoms with Gasteiger partial charge in [-0.15, -0.1) is 0 Å². The third kappa shape index (κ3) is 3.86. The molecule has 1 aliphatic rings. The van der Waals surface area contributed by atoms with Crippen LogP contribution in [0.25, 0.3) is 5.69 Å². The number of β-amino-alcohol motifs (C(OH)–C–C–N with tert-alkyl or cyclic N) is 1. The van der Waals surface area contributed by atoms with E-state index < -0.39 is 6.10 Å². The molecule has 3 rings (SSSR count). The van der Waals surface area contributed by atoms with E-state index >= 15 is 0 Å². The molecule has 2 atom stereocenters. The number of benzene rings is 1. The lowest BCUT2D eigenvalue weighted by atomic mass is 10.0. The zero-order chi connectivity index (χ0) is 18.0. The van der Waals surface area contributed by atoms with Crippen molar-refractivity contribution in [1.82, 2.24) is 20.4 Å². The molecule has 0 radical (unpaired) electrons. The van der Waals surface area contributed by atoms with Gasteiger partial charge in [0.2, 0.25) is 0 Å². The summed E-state index contributed by atoms with van der Waals surface area (Å²) in [7, 11) is 0. The number of hydrogen-bond donors (Lipinski definition) is 3. The summed E-state index contributed by atoms with van der Waals surface area (Å²) in [5.74, 6) is -0.00145. The molecular weight excluding hydrogens is 340 g/mol. The molecule has 0 spiro atoms. The van der Waals surface area contributed by atoms with Gasteiger partial charge in [0.1, 0.15) is 0 Å². The summed E-state index contributed by atoms with van der Waals surface area (Å²) in [5, 5.41) is 21.0. The summed E-state index contributed by atoms with van der Waals surface area (Å²) in [4.78, 5) is 12.6. The van der Waals surface area contributed by atoms with Crippen molar-refractivity contribution in [3.8, 4) is 5.69 Å². The number of rotatable bonds is 5. The van der Waals surface area contributed by atoms with E-state index in [-0.39, 0.29) is 17.7 Å². The quantitative estimate of drug-likeness (QED) is 0.759. The van der Waals surface area contributed by atoms with Crippen LogP contribution in [0.2, 0.25) is 5.02 Å². The molecular formula is C18H23ClN4O2. The molecule has 3 N–H and O–H groups in total. The van der Waals surface area contributed by atoms with Crippen LogP contribution in [0.15, 0.2) is 30.5 Å². The maximum atomic E-state index is 12.6. The number of nitrogens with zero attached hydrogens (tertiary/aromatic N) is 2. The van der Waals surface area contributed by atoms with Gasteiger partial charge in [0.05, 0.1) is 29.2 Å². The number of carbonyl (C=O) groups excluding carboxylic acids is 1. The number of aliphatic hydroxyl groups is 1. The van der Waals surface area contributed by atoms with Gasteiger partial charge in [-0.3, -0.25) is 4.79 Å². The highest BCUT2D eigenvalue weighted by Gasteiger charge is 2.26. The van der Waals surface area contributed by atoms with Crippen LogP contribution >= 0.6 is 11.6 Å². The molecule has 2 unspecified atom stereocenters. The predicted octanol–water partition coefficient (Wildman–Crippen LogP) is 1.96. The van der Waals surface area contributed by atoms with Gasteiger partial charge in [-0.25, -0.2) is 4.68 Å². The first-order valence-electron chi connectivity index (χ1n) is 8.48. The second-order valence-electron chi connectivity index (χ2n) is 6.68. The van der Waals surface area contributed by atoms with Crippen molar-refractivity contribution in [2.24, 2.45) is 5.92 Å². The van der Waals surface area contributed by atoms with Crippen molar-refractivity contribution in [1.29, 1.82) is 0 Å². The van der Waals surface area contributed by atoms with E-state index in [1.165, 1.54) is 0 Å². The molecule has 1 amide bonds. The lowest BCUT2D eigenvalue weighted by molar-refractivity contribution is 0.0925. The molecule has 7 heteroatoms. The van der Waals surface area contributed by atoms with Gasteiger partial charge in [-0.05, 0) is 30.2 Å². The molecule has 0 bridgehead atoms. The molecule has 2 heterocycles. The third-order valence-electron chi connectivity index (χ3n) is 4.50. The Labute approximate surface area is 152 Å². The van der Waals surface area contributed by atoms with E-state index in [1.807, 2.05) is 26.0 Å². The van der Waals surface area contributed by atoms with Crippen LogP contribution in [0.5, 0.6) is 0 Å². The van der Waals surface area contributed by atoms with Crippen molar-refractivity contribution in [3.05, 3.63) is 46.7 Å².